The Morgan fingerprint density at radius 1 is 0.900 bits per heavy atom. The molecule has 0 spiro atoms. The van der Waals surface area contributed by atoms with Gasteiger partial charge in [0, 0.05) is 19.5 Å². The number of aryl methyl sites for hydroxylation is 2. The standard InChI is InChI=1S/C23H17N3O2S2/c1-24-18-11-10-14(12-19(18)25(2)22(24)28)13-20-21(27)26(23(29)30-20)17-9-5-7-15-6-3-4-8-16(15)17/h3-13H,1-2H3/b20-13-. The zero-order valence-corrected chi connectivity index (χ0v) is 18.0. The lowest BCUT2D eigenvalue weighted by atomic mass is 10.1. The molecule has 1 fully saturated rings. The lowest BCUT2D eigenvalue weighted by Crippen LogP contribution is -2.27. The first-order valence-electron chi connectivity index (χ1n) is 9.37. The number of hydrogen-bond acceptors (Lipinski definition) is 4. The number of benzene rings is 3. The number of hydrogen-bond donors (Lipinski definition) is 0. The molecule has 0 unspecified atom stereocenters. The van der Waals surface area contributed by atoms with Crippen molar-refractivity contribution in [3.05, 3.63) is 81.6 Å². The molecule has 30 heavy (non-hydrogen) atoms. The van der Waals surface area contributed by atoms with Gasteiger partial charge in [0.15, 0.2) is 4.32 Å². The third kappa shape index (κ3) is 2.81. The number of amides is 1. The zero-order chi connectivity index (χ0) is 21.0. The maximum atomic E-state index is 13.2. The molecule has 1 aromatic heterocycles. The smallest absolute Gasteiger partial charge is 0.295 e. The molecule has 5 rings (SSSR count). The highest BCUT2D eigenvalue weighted by Gasteiger charge is 2.34. The number of rotatable bonds is 2. The van der Waals surface area contributed by atoms with Crippen LogP contribution in [0.3, 0.4) is 0 Å². The molecule has 3 aromatic carbocycles. The van der Waals surface area contributed by atoms with Crippen LogP contribution in [0.4, 0.5) is 5.69 Å². The summed E-state index contributed by atoms with van der Waals surface area (Å²) in [5.41, 5.74) is 3.23. The summed E-state index contributed by atoms with van der Waals surface area (Å²) in [5, 5.41) is 2.04. The van der Waals surface area contributed by atoms with E-state index in [0.29, 0.717) is 9.23 Å². The zero-order valence-electron chi connectivity index (χ0n) is 16.3. The van der Waals surface area contributed by atoms with Crippen molar-refractivity contribution in [2.45, 2.75) is 0 Å². The summed E-state index contributed by atoms with van der Waals surface area (Å²) < 4.78 is 3.73. The fourth-order valence-electron chi connectivity index (χ4n) is 3.84. The molecule has 0 aliphatic carbocycles. The van der Waals surface area contributed by atoms with Crippen molar-refractivity contribution in [2.75, 3.05) is 4.90 Å². The topological polar surface area (TPSA) is 47.2 Å². The number of carbonyl (C=O) groups is 1. The van der Waals surface area contributed by atoms with Gasteiger partial charge in [-0.25, -0.2) is 4.79 Å². The molecular formula is C23H17N3O2S2. The van der Waals surface area contributed by atoms with Gasteiger partial charge in [-0.1, -0.05) is 66.4 Å². The third-order valence-electron chi connectivity index (χ3n) is 5.40. The molecule has 148 valence electrons. The lowest BCUT2D eigenvalue weighted by molar-refractivity contribution is -0.113. The van der Waals surface area contributed by atoms with Gasteiger partial charge in [-0.15, -0.1) is 0 Å². The number of thioether (sulfide) groups is 1. The van der Waals surface area contributed by atoms with E-state index in [0.717, 1.165) is 33.1 Å². The fourth-order valence-corrected chi connectivity index (χ4v) is 5.13. The number of imidazole rings is 1. The molecule has 1 aliphatic rings. The highest BCUT2D eigenvalue weighted by Crippen LogP contribution is 2.39. The van der Waals surface area contributed by atoms with Gasteiger partial charge in [-0.3, -0.25) is 18.8 Å². The Hall–Kier alpha value is -3.16. The molecule has 1 saturated heterocycles. The second kappa shape index (κ2) is 6.97. The van der Waals surface area contributed by atoms with Crippen LogP contribution >= 0.6 is 24.0 Å². The average molecular weight is 432 g/mol. The van der Waals surface area contributed by atoms with Gasteiger partial charge in [0.2, 0.25) is 0 Å². The van der Waals surface area contributed by atoms with E-state index in [1.165, 1.54) is 11.8 Å². The molecule has 7 heteroatoms. The minimum Gasteiger partial charge on any atom is -0.295 e. The van der Waals surface area contributed by atoms with E-state index < -0.39 is 0 Å². The Labute approximate surface area is 182 Å². The Morgan fingerprint density at radius 3 is 2.47 bits per heavy atom. The van der Waals surface area contributed by atoms with Crippen molar-refractivity contribution in [3.8, 4) is 0 Å². The molecule has 0 bridgehead atoms. The van der Waals surface area contributed by atoms with Gasteiger partial charge in [-0.2, -0.15) is 0 Å². The van der Waals surface area contributed by atoms with E-state index in [1.54, 1.807) is 28.1 Å². The van der Waals surface area contributed by atoms with Crippen LogP contribution in [0.2, 0.25) is 0 Å². The fraction of sp³-hybridized carbons (Fsp3) is 0.0870. The number of aromatic nitrogens is 2. The molecule has 0 N–H and O–H groups in total. The Bertz CT molecular complexity index is 1460. The molecule has 1 aliphatic heterocycles. The largest absolute Gasteiger partial charge is 0.328 e. The summed E-state index contributed by atoms with van der Waals surface area (Å²) in [5.74, 6) is -0.136. The minimum atomic E-state index is -0.136. The van der Waals surface area contributed by atoms with Crippen molar-refractivity contribution in [1.29, 1.82) is 0 Å². The van der Waals surface area contributed by atoms with Gasteiger partial charge < -0.3 is 0 Å². The van der Waals surface area contributed by atoms with Crippen LogP contribution in [0.25, 0.3) is 27.9 Å². The highest BCUT2D eigenvalue weighted by atomic mass is 32.2. The van der Waals surface area contributed by atoms with Crippen LogP contribution in [0, 0.1) is 0 Å². The normalized spacial score (nSPS) is 15.8. The summed E-state index contributed by atoms with van der Waals surface area (Å²) in [6.45, 7) is 0. The molecule has 0 atom stereocenters. The van der Waals surface area contributed by atoms with Gasteiger partial charge >= 0.3 is 5.69 Å². The first kappa shape index (κ1) is 18.8. The van der Waals surface area contributed by atoms with Gasteiger partial charge in [0.25, 0.3) is 5.91 Å². The number of anilines is 1. The summed E-state index contributed by atoms with van der Waals surface area (Å²) in [6.07, 6.45) is 1.83. The number of carbonyl (C=O) groups excluding carboxylic acids is 1. The highest BCUT2D eigenvalue weighted by molar-refractivity contribution is 8.27. The number of fused-ring (bicyclic) bond motifs is 2. The maximum absolute atomic E-state index is 13.2. The Kier molecular flexibility index (Phi) is 4.38. The molecular weight excluding hydrogens is 414 g/mol. The van der Waals surface area contributed by atoms with Gasteiger partial charge in [0.05, 0.1) is 21.6 Å². The van der Waals surface area contributed by atoms with Crippen molar-refractivity contribution < 1.29 is 4.79 Å². The van der Waals surface area contributed by atoms with Crippen molar-refractivity contribution >= 4 is 67.8 Å². The monoisotopic (exact) mass is 431 g/mol. The molecule has 5 nitrogen and oxygen atoms in total. The van der Waals surface area contributed by atoms with E-state index in [-0.39, 0.29) is 11.6 Å². The van der Waals surface area contributed by atoms with Crippen LogP contribution in [0.1, 0.15) is 5.56 Å². The Balaban J connectivity index is 1.57. The van der Waals surface area contributed by atoms with Crippen LogP contribution in [0.15, 0.2) is 70.4 Å². The van der Waals surface area contributed by atoms with Crippen molar-refractivity contribution in [3.63, 3.8) is 0 Å². The van der Waals surface area contributed by atoms with Crippen molar-refractivity contribution in [2.24, 2.45) is 14.1 Å². The van der Waals surface area contributed by atoms with E-state index in [1.807, 2.05) is 66.7 Å². The molecule has 4 aromatic rings. The predicted molar refractivity (Wildman–Crippen MR) is 128 cm³/mol. The SMILES string of the molecule is Cn1c(=O)n(C)c2cc(/C=C3\SC(=S)N(c4cccc5ccccc45)C3=O)ccc21. The number of thiocarbonyl (C=S) groups is 1. The third-order valence-corrected chi connectivity index (χ3v) is 6.70. The molecule has 1 amide bonds. The van der Waals surface area contributed by atoms with E-state index in [2.05, 4.69) is 0 Å². The second-order valence-corrected chi connectivity index (χ2v) is 8.84. The van der Waals surface area contributed by atoms with E-state index >= 15 is 0 Å². The first-order valence-corrected chi connectivity index (χ1v) is 10.6. The average Bonchev–Trinajstić information content (AvgIpc) is 3.15. The minimum absolute atomic E-state index is 0.0792. The lowest BCUT2D eigenvalue weighted by Gasteiger charge is -2.17. The van der Waals surface area contributed by atoms with Crippen LogP contribution in [-0.4, -0.2) is 19.4 Å². The van der Waals surface area contributed by atoms with Crippen molar-refractivity contribution in [1.82, 2.24) is 9.13 Å². The summed E-state index contributed by atoms with van der Waals surface area (Å²) in [4.78, 5) is 27.6. The first-order chi connectivity index (χ1) is 14.5. The number of nitrogens with zero attached hydrogens (tertiary/aromatic N) is 3. The van der Waals surface area contributed by atoms with Crippen LogP contribution in [-0.2, 0) is 18.9 Å². The van der Waals surface area contributed by atoms with E-state index in [4.69, 9.17) is 12.2 Å². The quantitative estimate of drug-likeness (QED) is 0.348. The van der Waals surface area contributed by atoms with Gasteiger partial charge in [-0.05, 0) is 35.2 Å². The molecule has 2 heterocycles. The predicted octanol–water partition coefficient (Wildman–Crippen LogP) is 4.44. The summed E-state index contributed by atoms with van der Waals surface area (Å²) in [7, 11) is 3.49. The Morgan fingerprint density at radius 2 is 1.63 bits per heavy atom. The van der Waals surface area contributed by atoms with E-state index in [9.17, 15) is 9.59 Å². The van der Waals surface area contributed by atoms with Crippen LogP contribution in [0.5, 0.6) is 0 Å². The summed E-state index contributed by atoms with van der Waals surface area (Å²) in [6, 6.07) is 19.5. The second-order valence-electron chi connectivity index (χ2n) is 7.16. The van der Waals surface area contributed by atoms with Crippen LogP contribution < -0.4 is 10.6 Å². The summed E-state index contributed by atoms with van der Waals surface area (Å²) >= 11 is 6.85. The maximum Gasteiger partial charge on any atom is 0.328 e. The molecule has 0 radical (unpaired) electrons. The molecule has 0 saturated carbocycles. The van der Waals surface area contributed by atoms with Gasteiger partial charge in [0.1, 0.15) is 0 Å².